The fourth-order valence-corrected chi connectivity index (χ4v) is 3.84. The molecule has 0 radical (unpaired) electrons. The Labute approximate surface area is 167 Å². The lowest BCUT2D eigenvalue weighted by molar-refractivity contribution is -0.111. The van der Waals surface area contributed by atoms with Gasteiger partial charge in [0.05, 0.1) is 31.5 Å². The molecule has 0 atom stereocenters. The molecular weight excluding hydrogens is 376 g/mol. The highest BCUT2D eigenvalue weighted by molar-refractivity contribution is 7.22. The van der Waals surface area contributed by atoms with Crippen LogP contribution in [-0.4, -0.2) is 32.2 Å². The molecule has 28 heavy (non-hydrogen) atoms. The number of carbonyl (C=O) groups is 1. The zero-order chi connectivity index (χ0) is 20.3. The molecule has 0 unspecified atom stereocenters. The first kappa shape index (κ1) is 19.7. The smallest absolute Gasteiger partial charge is 0.250 e. The van der Waals surface area contributed by atoms with E-state index in [0.717, 1.165) is 26.9 Å². The number of fused-ring (bicyclic) bond motifs is 1. The Kier molecular flexibility index (Phi) is 5.84. The van der Waals surface area contributed by atoms with Crippen molar-refractivity contribution in [1.29, 1.82) is 0 Å². The topological polar surface area (TPSA) is 69.7 Å². The van der Waals surface area contributed by atoms with Crippen LogP contribution in [0.25, 0.3) is 16.3 Å². The van der Waals surface area contributed by atoms with Gasteiger partial charge < -0.3 is 14.2 Å². The van der Waals surface area contributed by atoms with Gasteiger partial charge in [0.1, 0.15) is 0 Å². The molecule has 3 aromatic rings. The van der Waals surface area contributed by atoms with E-state index in [9.17, 15) is 4.79 Å². The van der Waals surface area contributed by atoms with E-state index < -0.39 is 0 Å². The highest BCUT2D eigenvalue weighted by Crippen LogP contribution is 2.38. The van der Waals surface area contributed by atoms with Crippen molar-refractivity contribution in [3.63, 3.8) is 0 Å². The number of aryl methyl sites for hydroxylation is 2. The molecule has 0 spiro atoms. The highest BCUT2D eigenvalue weighted by atomic mass is 32.1. The second-order valence-corrected chi connectivity index (χ2v) is 7.18. The molecule has 1 heterocycles. The third kappa shape index (κ3) is 3.94. The molecule has 6 nitrogen and oxygen atoms in total. The van der Waals surface area contributed by atoms with Crippen molar-refractivity contribution in [1.82, 2.24) is 4.98 Å². The molecule has 0 aliphatic heterocycles. The molecule has 0 aliphatic carbocycles. The summed E-state index contributed by atoms with van der Waals surface area (Å²) in [4.78, 5) is 16.9. The van der Waals surface area contributed by atoms with Crippen LogP contribution in [0.2, 0.25) is 0 Å². The fourth-order valence-electron chi connectivity index (χ4n) is 2.83. The van der Waals surface area contributed by atoms with E-state index >= 15 is 0 Å². The lowest BCUT2D eigenvalue weighted by Crippen LogP contribution is -2.07. The van der Waals surface area contributed by atoms with Crippen LogP contribution in [0.4, 0.5) is 5.13 Å². The van der Waals surface area contributed by atoms with Gasteiger partial charge >= 0.3 is 0 Å². The standard InChI is InChI=1S/C21H22N2O4S/c1-12-6-7-13(2)20-18(12)23-21(28-20)22-17(24)9-8-14-10-15(25-3)19(27-5)16(11-14)26-4/h6-11H,1-5H3,(H,22,23,24)/b9-8+. The van der Waals surface area contributed by atoms with Crippen LogP contribution >= 0.6 is 11.3 Å². The second kappa shape index (κ2) is 8.31. The number of hydrogen-bond donors (Lipinski definition) is 1. The highest BCUT2D eigenvalue weighted by Gasteiger charge is 2.13. The predicted octanol–water partition coefficient (Wildman–Crippen LogP) is 4.59. The molecular formula is C21H22N2O4S. The molecule has 0 bridgehead atoms. The average molecular weight is 398 g/mol. The maximum atomic E-state index is 12.3. The van der Waals surface area contributed by atoms with Gasteiger partial charge in [0, 0.05) is 6.08 Å². The Morgan fingerprint density at radius 3 is 2.25 bits per heavy atom. The number of aromatic nitrogens is 1. The van der Waals surface area contributed by atoms with Gasteiger partial charge in [-0.25, -0.2) is 4.98 Å². The number of amides is 1. The third-order valence-corrected chi connectivity index (χ3v) is 5.39. The van der Waals surface area contributed by atoms with E-state index in [1.807, 2.05) is 19.9 Å². The Morgan fingerprint density at radius 1 is 1.04 bits per heavy atom. The number of nitrogens with zero attached hydrogens (tertiary/aromatic N) is 1. The lowest BCUT2D eigenvalue weighted by atomic mass is 10.1. The first-order valence-corrected chi connectivity index (χ1v) is 9.44. The maximum Gasteiger partial charge on any atom is 0.250 e. The lowest BCUT2D eigenvalue weighted by Gasteiger charge is -2.12. The van der Waals surface area contributed by atoms with E-state index in [-0.39, 0.29) is 5.91 Å². The van der Waals surface area contributed by atoms with Crippen molar-refractivity contribution < 1.29 is 19.0 Å². The van der Waals surface area contributed by atoms with Gasteiger partial charge in [0.15, 0.2) is 16.6 Å². The van der Waals surface area contributed by atoms with Gasteiger partial charge in [0.2, 0.25) is 11.7 Å². The molecule has 3 rings (SSSR count). The van der Waals surface area contributed by atoms with Gasteiger partial charge in [0.25, 0.3) is 0 Å². The Bertz CT molecular complexity index is 992. The van der Waals surface area contributed by atoms with Crippen LogP contribution < -0.4 is 19.5 Å². The number of nitrogens with one attached hydrogen (secondary N) is 1. The van der Waals surface area contributed by atoms with E-state index in [1.165, 1.54) is 17.4 Å². The number of methoxy groups -OCH3 is 3. The van der Waals surface area contributed by atoms with Gasteiger partial charge in [-0.05, 0) is 48.7 Å². The number of benzene rings is 2. The fraction of sp³-hybridized carbons (Fsp3) is 0.238. The second-order valence-electron chi connectivity index (χ2n) is 6.18. The minimum atomic E-state index is -0.261. The van der Waals surface area contributed by atoms with Crippen molar-refractivity contribution in [2.75, 3.05) is 26.6 Å². The maximum absolute atomic E-state index is 12.3. The molecule has 146 valence electrons. The monoisotopic (exact) mass is 398 g/mol. The summed E-state index contributed by atoms with van der Waals surface area (Å²) >= 11 is 1.47. The summed E-state index contributed by atoms with van der Waals surface area (Å²) < 4.78 is 17.1. The van der Waals surface area contributed by atoms with E-state index in [2.05, 4.69) is 16.4 Å². The Morgan fingerprint density at radius 2 is 1.68 bits per heavy atom. The van der Waals surface area contributed by atoms with Gasteiger partial charge in [-0.15, -0.1) is 0 Å². The number of thiazole rings is 1. The third-order valence-electron chi connectivity index (χ3n) is 4.29. The number of hydrogen-bond acceptors (Lipinski definition) is 6. The first-order valence-electron chi connectivity index (χ1n) is 8.62. The van der Waals surface area contributed by atoms with E-state index in [0.29, 0.717) is 22.4 Å². The van der Waals surface area contributed by atoms with Gasteiger partial charge in [-0.3, -0.25) is 10.1 Å². The molecule has 0 fully saturated rings. The number of carbonyl (C=O) groups excluding carboxylic acids is 1. The Hall–Kier alpha value is -3.06. The van der Waals surface area contributed by atoms with Crippen molar-refractivity contribution in [2.45, 2.75) is 13.8 Å². The average Bonchev–Trinajstić information content (AvgIpc) is 3.13. The molecule has 2 aromatic carbocycles. The summed E-state index contributed by atoms with van der Waals surface area (Å²) in [5.74, 6) is 1.30. The molecule has 0 saturated heterocycles. The number of anilines is 1. The quantitative estimate of drug-likeness (QED) is 0.615. The van der Waals surface area contributed by atoms with Crippen molar-refractivity contribution in [3.05, 3.63) is 47.0 Å². The minimum absolute atomic E-state index is 0.261. The first-order chi connectivity index (χ1) is 13.5. The van der Waals surface area contributed by atoms with Crippen LogP contribution in [0.1, 0.15) is 16.7 Å². The van der Waals surface area contributed by atoms with Crippen LogP contribution in [0.5, 0.6) is 17.2 Å². The number of ether oxygens (including phenoxy) is 3. The van der Waals surface area contributed by atoms with Crippen LogP contribution in [-0.2, 0) is 4.79 Å². The van der Waals surface area contributed by atoms with Crippen LogP contribution in [0.15, 0.2) is 30.3 Å². The van der Waals surface area contributed by atoms with Crippen molar-refractivity contribution >= 4 is 38.7 Å². The van der Waals surface area contributed by atoms with Crippen LogP contribution in [0, 0.1) is 13.8 Å². The van der Waals surface area contributed by atoms with Gasteiger partial charge in [-0.2, -0.15) is 0 Å². The molecule has 1 amide bonds. The summed E-state index contributed by atoms with van der Waals surface area (Å²) in [7, 11) is 4.65. The summed E-state index contributed by atoms with van der Waals surface area (Å²) in [5, 5.41) is 3.41. The molecule has 1 aromatic heterocycles. The van der Waals surface area contributed by atoms with Crippen molar-refractivity contribution in [3.8, 4) is 17.2 Å². The van der Waals surface area contributed by atoms with Crippen LogP contribution in [0.3, 0.4) is 0 Å². The molecule has 0 aliphatic rings. The van der Waals surface area contributed by atoms with E-state index in [4.69, 9.17) is 14.2 Å². The summed E-state index contributed by atoms with van der Waals surface area (Å²) in [5.41, 5.74) is 3.91. The normalized spacial score (nSPS) is 11.0. The predicted molar refractivity (Wildman–Crippen MR) is 113 cm³/mol. The van der Waals surface area contributed by atoms with Crippen molar-refractivity contribution in [2.24, 2.45) is 0 Å². The molecule has 0 saturated carbocycles. The summed E-state index contributed by atoms with van der Waals surface area (Å²) in [6.07, 6.45) is 3.14. The number of rotatable bonds is 6. The molecule has 7 heteroatoms. The summed E-state index contributed by atoms with van der Waals surface area (Å²) in [6.45, 7) is 4.05. The minimum Gasteiger partial charge on any atom is -0.493 e. The largest absolute Gasteiger partial charge is 0.493 e. The summed E-state index contributed by atoms with van der Waals surface area (Å²) in [6, 6.07) is 7.64. The molecule has 1 N–H and O–H groups in total. The van der Waals surface area contributed by atoms with E-state index in [1.54, 1.807) is 39.5 Å². The SMILES string of the molecule is COc1cc(/C=C/C(=O)Nc2nc3c(C)ccc(C)c3s2)cc(OC)c1OC. The van der Waals surface area contributed by atoms with Gasteiger partial charge in [-0.1, -0.05) is 23.5 Å². The zero-order valence-corrected chi connectivity index (χ0v) is 17.3. The zero-order valence-electron chi connectivity index (χ0n) is 16.5. The Balaban J connectivity index is 1.81.